The van der Waals surface area contributed by atoms with Crippen molar-refractivity contribution in [1.82, 2.24) is 15.1 Å². The highest BCUT2D eigenvalue weighted by Gasteiger charge is 2.40. The van der Waals surface area contributed by atoms with Gasteiger partial charge in [0.1, 0.15) is 0 Å². The summed E-state index contributed by atoms with van der Waals surface area (Å²) in [4.78, 5) is 5.03. The van der Waals surface area contributed by atoms with Gasteiger partial charge in [-0.15, -0.1) is 0 Å². The van der Waals surface area contributed by atoms with Crippen LogP contribution in [0.1, 0.15) is 52.9 Å². The predicted octanol–water partition coefficient (Wildman–Crippen LogP) is 2.82. The van der Waals surface area contributed by atoms with Crippen molar-refractivity contribution in [3.8, 4) is 0 Å². The number of rotatable bonds is 10. The molecule has 0 aromatic rings. The summed E-state index contributed by atoms with van der Waals surface area (Å²) in [6.45, 7) is 11.6. The molecule has 0 amide bonds. The molecule has 3 nitrogen and oxygen atoms in total. The zero-order chi connectivity index (χ0) is 15.2. The molecule has 1 N–H and O–H groups in total. The van der Waals surface area contributed by atoms with Crippen LogP contribution in [0, 0.1) is 5.41 Å². The smallest absolute Gasteiger partial charge is 0.0330 e. The molecule has 0 bridgehead atoms. The average Bonchev–Trinajstić information content (AvgIpc) is 2.31. The van der Waals surface area contributed by atoms with Gasteiger partial charge in [-0.25, -0.2) is 0 Å². The van der Waals surface area contributed by atoms with Gasteiger partial charge < -0.3 is 15.1 Å². The van der Waals surface area contributed by atoms with Crippen LogP contribution in [-0.4, -0.2) is 62.7 Å². The quantitative estimate of drug-likeness (QED) is 0.665. The van der Waals surface area contributed by atoms with Gasteiger partial charge in [0.05, 0.1) is 0 Å². The molecule has 20 heavy (non-hydrogen) atoms. The van der Waals surface area contributed by atoms with Gasteiger partial charge in [-0.2, -0.15) is 0 Å². The van der Waals surface area contributed by atoms with E-state index in [1.165, 1.54) is 45.2 Å². The SMILES string of the molecule is CCCC(C)(CNCC)CN(C)CC1(N(C)C)CCC1. The van der Waals surface area contributed by atoms with Crippen molar-refractivity contribution < 1.29 is 0 Å². The van der Waals surface area contributed by atoms with Crippen LogP contribution in [0.25, 0.3) is 0 Å². The van der Waals surface area contributed by atoms with Crippen LogP contribution in [0.15, 0.2) is 0 Å². The maximum absolute atomic E-state index is 3.56. The zero-order valence-electron chi connectivity index (χ0n) is 14.8. The van der Waals surface area contributed by atoms with Crippen molar-refractivity contribution in [2.75, 3.05) is 47.3 Å². The minimum Gasteiger partial charge on any atom is -0.316 e. The summed E-state index contributed by atoms with van der Waals surface area (Å²) in [6.07, 6.45) is 6.70. The first-order valence-electron chi connectivity index (χ1n) is 8.44. The van der Waals surface area contributed by atoms with E-state index >= 15 is 0 Å². The van der Waals surface area contributed by atoms with E-state index in [1.54, 1.807) is 0 Å². The Kier molecular flexibility index (Phi) is 6.96. The van der Waals surface area contributed by atoms with Gasteiger partial charge in [0.15, 0.2) is 0 Å². The minimum atomic E-state index is 0.400. The summed E-state index contributed by atoms with van der Waals surface area (Å²) >= 11 is 0. The Morgan fingerprint density at radius 2 is 1.80 bits per heavy atom. The maximum Gasteiger partial charge on any atom is 0.0330 e. The molecular formula is C17H37N3. The van der Waals surface area contributed by atoms with Crippen LogP contribution in [0.4, 0.5) is 0 Å². The van der Waals surface area contributed by atoms with Crippen LogP contribution >= 0.6 is 0 Å². The monoisotopic (exact) mass is 283 g/mol. The van der Waals surface area contributed by atoms with E-state index in [9.17, 15) is 0 Å². The summed E-state index contributed by atoms with van der Waals surface area (Å²) in [5, 5.41) is 3.56. The van der Waals surface area contributed by atoms with Gasteiger partial charge in [-0.1, -0.05) is 27.2 Å². The van der Waals surface area contributed by atoms with Crippen LogP contribution < -0.4 is 5.32 Å². The van der Waals surface area contributed by atoms with Gasteiger partial charge in [-0.05, 0) is 58.8 Å². The Bertz CT molecular complexity index is 273. The van der Waals surface area contributed by atoms with Gasteiger partial charge in [0, 0.05) is 25.2 Å². The highest BCUT2D eigenvalue weighted by molar-refractivity contribution is 4.98. The maximum atomic E-state index is 3.56. The minimum absolute atomic E-state index is 0.400. The van der Waals surface area contributed by atoms with E-state index in [1.807, 2.05) is 0 Å². The van der Waals surface area contributed by atoms with E-state index in [0.29, 0.717) is 11.0 Å². The lowest BCUT2D eigenvalue weighted by molar-refractivity contribution is 0.0163. The van der Waals surface area contributed by atoms with Gasteiger partial charge in [0.2, 0.25) is 0 Å². The first kappa shape index (κ1) is 17.9. The normalized spacial score (nSPS) is 21.0. The Hall–Kier alpha value is -0.120. The first-order chi connectivity index (χ1) is 9.37. The molecule has 1 aliphatic carbocycles. The number of nitrogens with zero attached hydrogens (tertiary/aromatic N) is 2. The summed E-state index contributed by atoms with van der Waals surface area (Å²) in [7, 11) is 6.80. The Balaban J connectivity index is 2.54. The van der Waals surface area contributed by atoms with Crippen molar-refractivity contribution in [3.63, 3.8) is 0 Å². The lowest BCUT2D eigenvalue weighted by Crippen LogP contribution is -2.57. The molecule has 0 aromatic heterocycles. The molecule has 0 aliphatic heterocycles. The average molecular weight is 284 g/mol. The molecule has 1 saturated carbocycles. The molecule has 120 valence electrons. The molecule has 3 heteroatoms. The largest absolute Gasteiger partial charge is 0.316 e. The summed E-state index contributed by atoms with van der Waals surface area (Å²) in [6, 6.07) is 0. The molecule has 0 heterocycles. The summed E-state index contributed by atoms with van der Waals surface area (Å²) < 4.78 is 0. The lowest BCUT2D eigenvalue weighted by atomic mass is 9.75. The fraction of sp³-hybridized carbons (Fsp3) is 1.00. The first-order valence-corrected chi connectivity index (χ1v) is 8.44. The number of hydrogen-bond donors (Lipinski definition) is 1. The van der Waals surface area contributed by atoms with Crippen LogP contribution in [0.3, 0.4) is 0 Å². The molecule has 1 unspecified atom stereocenters. The third kappa shape index (κ3) is 4.71. The summed E-state index contributed by atoms with van der Waals surface area (Å²) in [5.41, 5.74) is 0.844. The number of nitrogens with one attached hydrogen (secondary N) is 1. The van der Waals surface area contributed by atoms with Crippen molar-refractivity contribution in [3.05, 3.63) is 0 Å². The Morgan fingerprint density at radius 1 is 1.15 bits per heavy atom. The van der Waals surface area contributed by atoms with Crippen LogP contribution in [0.5, 0.6) is 0 Å². The van der Waals surface area contributed by atoms with E-state index in [-0.39, 0.29) is 0 Å². The molecule has 1 rings (SSSR count). The van der Waals surface area contributed by atoms with Gasteiger partial charge >= 0.3 is 0 Å². The third-order valence-corrected chi connectivity index (χ3v) is 5.10. The van der Waals surface area contributed by atoms with Crippen LogP contribution in [-0.2, 0) is 0 Å². The van der Waals surface area contributed by atoms with E-state index < -0.39 is 0 Å². The van der Waals surface area contributed by atoms with Crippen molar-refractivity contribution in [1.29, 1.82) is 0 Å². The van der Waals surface area contributed by atoms with E-state index in [2.05, 4.69) is 57.0 Å². The van der Waals surface area contributed by atoms with Crippen molar-refractivity contribution >= 4 is 0 Å². The molecular weight excluding hydrogens is 246 g/mol. The van der Waals surface area contributed by atoms with E-state index in [4.69, 9.17) is 0 Å². The molecule has 1 aliphatic rings. The van der Waals surface area contributed by atoms with Gasteiger partial charge in [0.25, 0.3) is 0 Å². The van der Waals surface area contributed by atoms with E-state index in [0.717, 1.165) is 13.1 Å². The van der Waals surface area contributed by atoms with Crippen molar-refractivity contribution in [2.45, 2.75) is 58.4 Å². The second kappa shape index (κ2) is 7.77. The molecule has 0 saturated heterocycles. The predicted molar refractivity (Wildman–Crippen MR) is 89.3 cm³/mol. The van der Waals surface area contributed by atoms with Crippen LogP contribution in [0.2, 0.25) is 0 Å². The molecule has 0 spiro atoms. The fourth-order valence-electron chi connectivity index (χ4n) is 3.80. The third-order valence-electron chi connectivity index (χ3n) is 5.10. The number of hydrogen-bond acceptors (Lipinski definition) is 3. The molecule has 1 fully saturated rings. The fourth-order valence-corrected chi connectivity index (χ4v) is 3.80. The highest BCUT2D eigenvalue weighted by atomic mass is 15.2. The molecule has 0 aromatic carbocycles. The number of likely N-dealkylation sites (N-methyl/N-ethyl adjacent to an activating group) is 2. The molecule has 1 atom stereocenters. The van der Waals surface area contributed by atoms with Crippen molar-refractivity contribution in [2.24, 2.45) is 5.41 Å². The second-order valence-corrected chi connectivity index (χ2v) is 7.49. The highest BCUT2D eigenvalue weighted by Crippen LogP contribution is 2.37. The van der Waals surface area contributed by atoms with Gasteiger partial charge in [-0.3, -0.25) is 0 Å². The summed E-state index contributed by atoms with van der Waals surface area (Å²) in [5.74, 6) is 0. The standard InChI is InChI=1S/C17H37N3/c1-7-10-16(3,13-18-8-2)14-20(6)15-17(19(4)5)11-9-12-17/h18H,7-15H2,1-6H3. The lowest BCUT2D eigenvalue weighted by Gasteiger charge is -2.50. The zero-order valence-corrected chi connectivity index (χ0v) is 14.8. The Morgan fingerprint density at radius 3 is 2.20 bits per heavy atom. The Labute approximate surface area is 127 Å². The molecule has 0 radical (unpaired) electrons. The second-order valence-electron chi connectivity index (χ2n) is 7.49. The topological polar surface area (TPSA) is 18.5 Å².